The van der Waals surface area contributed by atoms with Crippen molar-refractivity contribution in [2.24, 2.45) is 11.3 Å². The summed E-state index contributed by atoms with van der Waals surface area (Å²) in [6.07, 6.45) is 5.82. The van der Waals surface area contributed by atoms with Gasteiger partial charge in [-0.15, -0.1) is 0 Å². The molecule has 1 spiro atoms. The third-order valence-electron chi connectivity index (χ3n) is 4.66. The number of piperidine rings is 1. The lowest BCUT2D eigenvalue weighted by molar-refractivity contribution is 0.0209. The first-order chi connectivity index (χ1) is 6.85. The quantitative estimate of drug-likeness (QED) is 0.636. The average molecular weight is 209 g/mol. The molecule has 0 aromatic carbocycles. The predicted molar refractivity (Wildman–Crippen MR) is 66.0 cm³/mol. The molecule has 0 radical (unpaired) electrons. The second kappa shape index (κ2) is 3.48. The maximum atomic E-state index is 2.80. The molecular formula is C14H27N. The van der Waals surface area contributed by atoms with Crippen molar-refractivity contribution in [1.82, 2.24) is 4.90 Å². The van der Waals surface area contributed by atoms with E-state index in [4.69, 9.17) is 0 Å². The van der Waals surface area contributed by atoms with E-state index in [9.17, 15) is 0 Å². The van der Waals surface area contributed by atoms with Crippen LogP contribution in [0.1, 0.15) is 60.3 Å². The summed E-state index contributed by atoms with van der Waals surface area (Å²) in [5, 5.41) is 0. The third-order valence-corrected chi connectivity index (χ3v) is 4.66. The van der Waals surface area contributed by atoms with Gasteiger partial charge < -0.3 is 0 Å². The Kier molecular flexibility index (Phi) is 2.65. The molecule has 1 nitrogen and oxygen atoms in total. The smallest absolute Gasteiger partial charge is 0.0213 e. The van der Waals surface area contributed by atoms with Gasteiger partial charge in [-0.3, -0.25) is 4.90 Å². The van der Waals surface area contributed by atoms with Crippen LogP contribution < -0.4 is 0 Å². The van der Waals surface area contributed by atoms with Gasteiger partial charge in [0.05, 0.1) is 0 Å². The van der Waals surface area contributed by atoms with Crippen LogP contribution in [0.5, 0.6) is 0 Å². The van der Waals surface area contributed by atoms with E-state index in [1.54, 1.807) is 0 Å². The van der Waals surface area contributed by atoms with Crippen molar-refractivity contribution in [1.29, 1.82) is 0 Å². The number of hydrogen-bond donors (Lipinski definition) is 0. The van der Waals surface area contributed by atoms with Crippen molar-refractivity contribution in [3.63, 3.8) is 0 Å². The van der Waals surface area contributed by atoms with Gasteiger partial charge in [-0.25, -0.2) is 0 Å². The van der Waals surface area contributed by atoms with E-state index in [0.717, 1.165) is 12.0 Å². The Bertz CT molecular complexity index is 232. The minimum Gasteiger partial charge on any atom is -0.295 e. The highest BCUT2D eigenvalue weighted by molar-refractivity contribution is 5.08. The molecule has 2 aliphatic rings. The van der Waals surface area contributed by atoms with Gasteiger partial charge in [0.2, 0.25) is 0 Å². The summed E-state index contributed by atoms with van der Waals surface area (Å²) in [5.74, 6) is 0.895. The molecule has 1 heteroatoms. The summed E-state index contributed by atoms with van der Waals surface area (Å²) in [6, 6.07) is 0.734. The van der Waals surface area contributed by atoms with Crippen molar-refractivity contribution in [3.8, 4) is 0 Å². The van der Waals surface area contributed by atoms with Crippen molar-refractivity contribution in [2.75, 3.05) is 6.54 Å². The average Bonchev–Trinajstić information content (AvgIpc) is 2.83. The second-order valence-corrected chi connectivity index (χ2v) is 7.07. The van der Waals surface area contributed by atoms with E-state index in [1.165, 1.54) is 32.2 Å². The number of nitrogens with zero attached hydrogens (tertiary/aromatic N) is 1. The Labute approximate surface area is 95.2 Å². The van der Waals surface area contributed by atoms with Gasteiger partial charge in [-0.05, 0) is 50.9 Å². The molecule has 1 heterocycles. The topological polar surface area (TPSA) is 3.24 Å². The van der Waals surface area contributed by atoms with Crippen LogP contribution in [0.25, 0.3) is 0 Å². The maximum Gasteiger partial charge on any atom is 0.0213 e. The van der Waals surface area contributed by atoms with E-state index in [-0.39, 0.29) is 0 Å². The lowest BCUT2D eigenvalue weighted by Crippen LogP contribution is -2.51. The van der Waals surface area contributed by atoms with Gasteiger partial charge in [0.25, 0.3) is 0 Å². The lowest BCUT2D eigenvalue weighted by Gasteiger charge is -2.47. The number of rotatable bonds is 1. The van der Waals surface area contributed by atoms with E-state index < -0.39 is 0 Å². The summed E-state index contributed by atoms with van der Waals surface area (Å²) < 4.78 is 0. The Hall–Kier alpha value is -0.0400. The van der Waals surface area contributed by atoms with Gasteiger partial charge in [0.1, 0.15) is 0 Å². The monoisotopic (exact) mass is 209 g/mol. The van der Waals surface area contributed by atoms with E-state index >= 15 is 0 Å². The zero-order valence-corrected chi connectivity index (χ0v) is 11.1. The van der Waals surface area contributed by atoms with Crippen molar-refractivity contribution in [3.05, 3.63) is 0 Å². The fraction of sp³-hybridized carbons (Fsp3) is 1.00. The van der Waals surface area contributed by atoms with Crippen LogP contribution in [0.4, 0.5) is 0 Å². The molecule has 0 aromatic heterocycles. The molecule has 0 amide bonds. The van der Waals surface area contributed by atoms with Crippen LogP contribution in [0.2, 0.25) is 0 Å². The fourth-order valence-corrected chi connectivity index (χ4v) is 3.26. The summed E-state index contributed by atoms with van der Waals surface area (Å²) in [4.78, 5) is 2.80. The Morgan fingerprint density at radius 1 is 1.13 bits per heavy atom. The van der Waals surface area contributed by atoms with E-state index in [2.05, 4.69) is 39.5 Å². The van der Waals surface area contributed by atoms with Crippen molar-refractivity contribution in [2.45, 2.75) is 71.9 Å². The van der Waals surface area contributed by atoms with Gasteiger partial charge in [0.15, 0.2) is 0 Å². The first kappa shape index (κ1) is 11.4. The zero-order chi connectivity index (χ0) is 11.3. The molecule has 1 saturated carbocycles. The highest BCUT2D eigenvalue weighted by atomic mass is 15.3. The standard InChI is InChI=1S/C14H27N/c1-11(2)15-10-12(13(3,4)5)6-7-14(15)8-9-14/h11-12H,6-10H2,1-5H3. The molecular weight excluding hydrogens is 182 g/mol. The summed E-state index contributed by atoms with van der Waals surface area (Å²) in [5.41, 5.74) is 1.14. The number of hydrogen-bond acceptors (Lipinski definition) is 1. The molecule has 0 bridgehead atoms. The first-order valence-corrected chi connectivity index (χ1v) is 6.62. The normalized spacial score (nSPS) is 31.2. The van der Waals surface area contributed by atoms with Gasteiger partial charge in [-0.1, -0.05) is 20.8 Å². The fourth-order valence-electron chi connectivity index (χ4n) is 3.26. The van der Waals surface area contributed by atoms with Crippen LogP contribution in [-0.2, 0) is 0 Å². The number of likely N-dealkylation sites (tertiary alicyclic amines) is 1. The molecule has 1 unspecified atom stereocenters. The molecule has 0 N–H and O–H groups in total. The second-order valence-electron chi connectivity index (χ2n) is 7.07. The molecule has 2 rings (SSSR count). The summed E-state index contributed by atoms with van der Waals surface area (Å²) >= 11 is 0. The first-order valence-electron chi connectivity index (χ1n) is 6.62. The van der Waals surface area contributed by atoms with Crippen LogP contribution in [0.15, 0.2) is 0 Å². The van der Waals surface area contributed by atoms with Gasteiger partial charge >= 0.3 is 0 Å². The molecule has 1 saturated heterocycles. The Balaban J connectivity index is 2.07. The molecule has 0 aromatic rings. The molecule has 1 atom stereocenters. The Morgan fingerprint density at radius 3 is 2.13 bits per heavy atom. The highest BCUT2D eigenvalue weighted by Crippen LogP contribution is 2.52. The third kappa shape index (κ3) is 2.08. The van der Waals surface area contributed by atoms with Gasteiger partial charge in [0, 0.05) is 18.1 Å². The maximum absolute atomic E-state index is 2.80. The predicted octanol–water partition coefficient (Wildman–Crippen LogP) is 3.69. The van der Waals surface area contributed by atoms with Crippen LogP contribution >= 0.6 is 0 Å². The Morgan fingerprint density at radius 2 is 1.73 bits per heavy atom. The van der Waals surface area contributed by atoms with E-state index in [1.807, 2.05) is 0 Å². The largest absolute Gasteiger partial charge is 0.295 e. The molecule has 1 aliphatic carbocycles. The zero-order valence-electron chi connectivity index (χ0n) is 11.1. The van der Waals surface area contributed by atoms with Crippen LogP contribution in [-0.4, -0.2) is 23.0 Å². The van der Waals surface area contributed by atoms with Crippen LogP contribution in [0, 0.1) is 11.3 Å². The summed E-state index contributed by atoms with van der Waals surface area (Å²) in [6.45, 7) is 13.3. The molecule has 88 valence electrons. The van der Waals surface area contributed by atoms with Gasteiger partial charge in [-0.2, -0.15) is 0 Å². The van der Waals surface area contributed by atoms with Crippen molar-refractivity contribution >= 4 is 0 Å². The SMILES string of the molecule is CC(C)N1CC(C(C)(C)C)CCC12CC2. The highest BCUT2D eigenvalue weighted by Gasteiger charge is 2.52. The lowest BCUT2D eigenvalue weighted by atomic mass is 9.74. The van der Waals surface area contributed by atoms with Crippen molar-refractivity contribution < 1.29 is 0 Å². The summed E-state index contributed by atoms with van der Waals surface area (Å²) in [7, 11) is 0. The molecule has 15 heavy (non-hydrogen) atoms. The van der Waals surface area contributed by atoms with Crippen LogP contribution in [0.3, 0.4) is 0 Å². The van der Waals surface area contributed by atoms with E-state index in [0.29, 0.717) is 11.0 Å². The molecule has 1 aliphatic heterocycles. The minimum absolute atomic E-state index is 0.490. The molecule has 2 fully saturated rings. The minimum atomic E-state index is 0.490.